The number of aromatic nitrogens is 4. The smallest absolute Gasteiger partial charge is 0.255 e. The molecule has 1 aromatic heterocycles. The number of piperazine rings is 1. The average Bonchev–Trinajstić information content (AvgIpc) is 3.22. The molecule has 9 heteroatoms. The monoisotopic (exact) mass is 456 g/mol. The Balaban J connectivity index is 1.39. The van der Waals surface area contributed by atoms with Gasteiger partial charge >= 0.3 is 0 Å². The van der Waals surface area contributed by atoms with Crippen LogP contribution in [0.2, 0.25) is 0 Å². The van der Waals surface area contributed by atoms with Crippen LogP contribution in [0, 0.1) is 0 Å². The van der Waals surface area contributed by atoms with Gasteiger partial charge in [0.25, 0.3) is 5.91 Å². The fourth-order valence-electron chi connectivity index (χ4n) is 3.34. The van der Waals surface area contributed by atoms with Gasteiger partial charge < -0.3 is 9.64 Å². The first-order valence-electron chi connectivity index (χ1n) is 9.33. The van der Waals surface area contributed by atoms with Crippen molar-refractivity contribution < 1.29 is 9.53 Å². The number of hydrogen-bond donors (Lipinski definition) is 0. The van der Waals surface area contributed by atoms with Crippen molar-refractivity contribution in [2.75, 3.05) is 33.3 Å². The Hall–Kier alpha value is -2.78. The minimum atomic E-state index is 0.0557. The Bertz CT molecular complexity index is 983. The maximum absolute atomic E-state index is 12.8. The standard InChI is InChI=1S/C20H21BrN6O2/c1-29-16-8-6-15(7-9-16)27-19(22-23-24-27)14-25-10-12-26(13-11-25)20(28)17-4-2-3-5-18(17)21/h2-9H,10-14H2,1H3. The summed E-state index contributed by atoms with van der Waals surface area (Å²) in [6, 6.07) is 15.1. The first-order chi connectivity index (χ1) is 14.2. The number of methoxy groups -OCH3 is 1. The third-order valence-electron chi connectivity index (χ3n) is 4.98. The molecule has 1 amide bonds. The molecule has 1 aliphatic rings. The summed E-state index contributed by atoms with van der Waals surface area (Å²) in [5.41, 5.74) is 1.58. The molecule has 8 nitrogen and oxygen atoms in total. The average molecular weight is 457 g/mol. The Morgan fingerprint density at radius 3 is 2.48 bits per heavy atom. The molecular weight excluding hydrogens is 436 g/mol. The quantitative estimate of drug-likeness (QED) is 0.586. The molecule has 3 aromatic rings. The Morgan fingerprint density at radius 2 is 1.79 bits per heavy atom. The number of hydrogen-bond acceptors (Lipinski definition) is 6. The van der Waals surface area contributed by atoms with Crippen molar-refractivity contribution in [1.29, 1.82) is 0 Å². The summed E-state index contributed by atoms with van der Waals surface area (Å²) in [6.07, 6.45) is 0. The zero-order valence-corrected chi connectivity index (χ0v) is 17.6. The van der Waals surface area contributed by atoms with E-state index in [1.807, 2.05) is 53.4 Å². The molecule has 1 aliphatic heterocycles. The third kappa shape index (κ3) is 4.30. The minimum absolute atomic E-state index is 0.0557. The largest absolute Gasteiger partial charge is 0.497 e. The van der Waals surface area contributed by atoms with Crippen molar-refractivity contribution in [3.05, 3.63) is 64.4 Å². The lowest BCUT2D eigenvalue weighted by atomic mass is 10.2. The van der Waals surface area contributed by atoms with Crippen LogP contribution in [0.3, 0.4) is 0 Å². The van der Waals surface area contributed by atoms with Crippen LogP contribution in [0.5, 0.6) is 5.75 Å². The number of halogens is 1. The number of benzene rings is 2. The Kier molecular flexibility index (Phi) is 5.86. The highest BCUT2D eigenvalue weighted by Crippen LogP contribution is 2.20. The highest BCUT2D eigenvalue weighted by Gasteiger charge is 2.24. The van der Waals surface area contributed by atoms with E-state index in [0.717, 1.165) is 34.8 Å². The highest BCUT2D eigenvalue weighted by atomic mass is 79.9. The number of carbonyl (C=O) groups is 1. The van der Waals surface area contributed by atoms with Crippen molar-refractivity contribution in [2.24, 2.45) is 0 Å². The lowest BCUT2D eigenvalue weighted by Crippen LogP contribution is -2.48. The van der Waals surface area contributed by atoms with Crippen molar-refractivity contribution >= 4 is 21.8 Å². The van der Waals surface area contributed by atoms with E-state index in [1.165, 1.54) is 0 Å². The molecule has 29 heavy (non-hydrogen) atoms. The van der Waals surface area contributed by atoms with Gasteiger partial charge in [-0.15, -0.1) is 5.10 Å². The van der Waals surface area contributed by atoms with Crippen molar-refractivity contribution in [1.82, 2.24) is 30.0 Å². The summed E-state index contributed by atoms with van der Waals surface area (Å²) in [5, 5.41) is 12.1. The van der Waals surface area contributed by atoms with E-state index < -0.39 is 0 Å². The Morgan fingerprint density at radius 1 is 1.07 bits per heavy atom. The zero-order valence-electron chi connectivity index (χ0n) is 16.0. The van der Waals surface area contributed by atoms with E-state index in [9.17, 15) is 4.79 Å². The predicted octanol–water partition coefficient (Wildman–Crippen LogP) is 2.39. The van der Waals surface area contributed by atoms with Gasteiger partial charge in [-0.05, 0) is 62.8 Å². The van der Waals surface area contributed by atoms with Gasteiger partial charge in [0.2, 0.25) is 0 Å². The van der Waals surface area contributed by atoms with Gasteiger partial charge in [-0.2, -0.15) is 4.68 Å². The number of amides is 1. The summed E-state index contributed by atoms with van der Waals surface area (Å²) in [5.74, 6) is 1.61. The van der Waals surface area contributed by atoms with Gasteiger partial charge in [0.1, 0.15) is 5.75 Å². The number of nitrogens with zero attached hydrogens (tertiary/aromatic N) is 6. The molecule has 4 rings (SSSR count). The lowest BCUT2D eigenvalue weighted by molar-refractivity contribution is 0.0623. The second-order valence-corrected chi connectivity index (χ2v) is 7.61. The summed E-state index contributed by atoms with van der Waals surface area (Å²) in [7, 11) is 1.64. The molecule has 0 bridgehead atoms. The molecule has 1 saturated heterocycles. The molecule has 0 N–H and O–H groups in total. The molecule has 0 radical (unpaired) electrons. The van der Waals surface area contributed by atoms with Gasteiger partial charge in [0, 0.05) is 30.7 Å². The van der Waals surface area contributed by atoms with Gasteiger partial charge in [0.15, 0.2) is 5.82 Å². The van der Waals surface area contributed by atoms with E-state index in [1.54, 1.807) is 11.8 Å². The Labute approximate surface area is 177 Å². The van der Waals surface area contributed by atoms with Gasteiger partial charge in [-0.25, -0.2) is 0 Å². The van der Waals surface area contributed by atoms with Crippen LogP contribution in [-0.4, -0.2) is 69.2 Å². The normalized spacial score (nSPS) is 14.8. The van der Waals surface area contributed by atoms with Crippen molar-refractivity contribution in [3.8, 4) is 11.4 Å². The molecule has 0 atom stereocenters. The van der Waals surface area contributed by atoms with Crippen LogP contribution >= 0.6 is 15.9 Å². The maximum Gasteiger partial charge on any atom is 0.255 e. The topological polar surface area (TPSA) is 76.4 Å². The second kappa shape index (κ2) is 8.71. The summed E-state index contributed by atoms with van der Waals surface area (Å²) in [4.78, 5) is 16.9. The number of tetrazole rings is 1. The van der Waals surface area contributed by atoms with Crippen LogP contribution < -0.4 is 4.74 Å². The fourth-order valence-corrected chi connectivity index (χ4v) is 3.80. The SMILES string of the molecule is COc1ccc(-n2nnnc2CN2CCN(C(=O)c3ccccc3Br)CC2)cc1. The molecule has 150 valence electrons. The summed E-state index contributed by atoms with van der Waals surface area (Å²) < 4.78 is 7.76. The van der Waals surface area contributed by atoms with Gasteiger partial charge in [-0.3, -0.25) is 9.69 Å². The van der Waals surface area contributed by atoms with E-state index >= 15 is 0 Å². The third-order valence-corrected chi connectivity index (χ3v) is 5.67. The number of ether oxygens (including phenoxy) is 1. The highest BCUT2D eigenvalue weighted by molar-refractivity contribution is 9.10. The predicted molar refractivity (Wildman–Crippen MR) is 111 cm³/mol. The fraction of sp³-hybridized carbons (Fsp3) is 0.300. The molecular formula is C20H21BrN6O2. The van der Waals surface area contributed by atoms with E-state index in [4.69, 9.17) is 4.74 Å². The van der Waals surface area contributed by atoms with Crippen LogP contribution in [-0.2, 0) is 6.54 Å². The van der Waals surface area contributed by atoms with Gasteiger partial charge in [0.05, 0.1) is 24.9 Å². The number of rotatable bonds is 5. The van der Waals surface area contributed by atoms with Crippen molar-refractivity contribution in [3.63, 3.8) is 0 Å². The van der Waals surface area contributed by atoms with Crippen LogP contribution in [0.15, 0.2) is 53.0 Å². The number of carbonyl (C=O) groups excluding carboxylic acids is 1. The summed E-state index contributed by atoms with van der Waals surface area (Å²) in [6.45, 7) is 3.50. The zero-order chi connectivity index (χ0) is 20.2. The molecule has 0 spiro atoms. The maximum atomic E-state index is 12.8. The second-order valence-electron chi connectivity index (χ2n) is 6.75. The van der Waals surface area contributed by atoms with Crippen molar-refractivity contribution in [2.45, 2.75) is 6.54 Å². The van der Waals surface area contributed by atoms with E-state index in [0.29, 0.717) is 25.2 Å². The van der Waals surface area contributed by atoms with E-state index in [2.05, 4.69) is 36.4 Å². The first-order valence-corrected chi connectivity index (χ1v) is 10.1. The lowest BCUT2D eigenvalue weighted by Gasteiger charge is -2.34. The first kappa shape index (κ1) is 19.5. The molecule has 2 heterocycles. The van der Waals surface area contributed by atoms with Crippen LogP contribution in [0.4, 0.5) is 0 Å². The molecule has 2 aromatic carbocycles. The molecule has 0 aliphatic carbocycles. The molecule has 0 saturated carbocycles. The minimum Gasteiger partial charge on any atom is -0.497 e. The van der Waals surface area contributed by atoms with Crippen LogP contribution in [0.1, 0.15) is 16.2 Å². The molecule has 1 fully saturated rings. The van der Waals surface area contributed by atoms with E-state index in [-0.39, 0.29) is 5.91 Å². The van der Waals surface area contributed by atoms with Gasteiger partial charge in [-0.1, -0.05) is 12.1 Å². The molecule has 0 unspecified atom stereocenters. The summed E-state index contributed by atoms with van der Waals surface area (Å²) >= 11 is 3.46. The van der Waals surface area contributed by atoms with Crippen LogP contribution in [0.25, 0.3) is 5.69 Å².